The van der Waals surface area contributed by atoms with E-state index in [1.54, 1.807) is 20.3 Å². The predicted octanol–water partition coefficient (Wildman–Crippen LogP) is 3.23. The number of carbonyl (C=O) groups is 2. The van der Waals surface area contributed by atoms with Crippen LogP contribution in [0.2, 0.25) is 0 Å². The first-order chi connectivity index (χ1) is 13.0. The van der Waals surface area contributed by atoms with Crippen LogP contribution in [0.5, 0.6) is 11.5 Å². The second-order valence-electron chi connectivity index (χ2n) is 5.61. The molecule has 0 bridgehead atoms. The average molecular weight is 403 g/mol. The number of hydrogen-bond acceptors (Lipinski definition) is 7. The number of methoxy groups -OCH3 is 3. The summed E-state index contributed by atoms with van der Waals surface area (Å²) in [6.07, 6.45) is 1.73. The molecule has 1 aliphatic heterocycles. The molecule has 8 heteroatoms. The van der Waals surface area contributed by atoms with Crippen molar-refractivity contribution in [3.63, 3.8) is 0 Å². The van der Waals surface area contributed by atoms with Gasteiger partial charge in [0.15, 0.2) is 0 Å². The second kappa shape index (κ2) is 7.98. The fraction of sp³-hybridized carbons (Fsp3) is 0.211. The summed E-state index contributed by atoms with van der Waals surface area (Å²) < 4.78 is 15.7. The minimum Gasteiger partial charge on any atom is -0.497 e. The number of ether oxygens (including phenoxy) is 3. The Morgan fingerprint density at radius 3 is 2.59 bits per heavy atom. The van der Waals surface area contributed by atoms with Gasteiger partial charge in [0.2, 0.25) is 0 Å². The lowest BCUT2D eigenvalue weighted by Crippen LogP contribution is -2.33. The molecule has 0 atom stereocenters. The molecule has 0 saturated carbocycles. The van der Waals surface area contributed by atoms with Crippen molar-refractivity contribution in [3.05, 3.63) is 40.8 Å². The van der Waals surface area contributed by atoms with Crippen LogP contribution in [0.15, 0.2) is 35.2 Å². The third-order valence-electron chi connectivity index (χ3n) is 4.11. The lowest BCUT2D eigenvalue weighted by atomic mass is 10.0. The van der Waals surface area contributed by atoms with Gasteiger partial charge in [0.25, 0.3) is 5.91 Å². The van der Waals surface area contributed by atoms with Gasteiger partial charge in [-0.3, -0.25) is 14.5 Å². The Bertz CT molecular complexity index is 965. The number of thioether (sulfide) groups is 1. The van der Waals surface area contributed by atoms with Crippen LogP contribution in [0.4, 0.5) is 0 Å². The van der Waals surface area contributed by atoms with Gasteiger partial charge in [-0.05, 0) is 35.0 Å². The third kappa shape index (κ3) is 3.77. The molecule has 1 amide bonds. The first-order valence-corrected chi connectivity index (χ1v) is 9.18. The van der Waals surface area contributed by atoms with Crippen molar-refractivity contribution in [3.8, 4) is 11.5 Å². The van der Waals surface area contributed by atoms with Gasteiger partial charge < -0.3 is 14.2 Å². The van der Waals surface area contributed by atoms with Crippen LogP contribution in [0.25, 0.3) is 16.8 Å². The molecule has 0 N–H and O–H groups in total. The molecular formula is C19H17NO5S2. The molecule has 0 unspecified atom stereocenters. The number of thiocarbonyl (C=S) groups is 1. The Balaban J connectivity index is 2.08. The molecule has 0 aliphatic carbocycles. The summed E-state index contributed by atoms with van der Waals surface area (Å²) in [6, 6.07) is 9.48. The van der Waals surface area contributed by atoms with Crippen molar-refractivity contribution >= 4 is 57.0 Å². The van der Waals surface area contributed by atoms with Crippen molar-refractivity contribution in [1.29, 1.82) is 0 Å². The molecule has 3 rings (SSSR count). The topological polar surface area (TPSA) is 65.1 Å². The zero-order chi connectivity index (χ0) is 19.6. The molecule has 1 saturated heterocycles. The fourth-order valence-electron chi connectivity index (χ4n) is 2.72. The normalized spacial score (nSPS) is 15.5. The lowest BCUT2D eigenvalue weighted by Gasteiger charge is -2.12. The SMILES string of the molecule is COC(=O)CN1C(=O)/C(=C/c2c(OC)ccc3ccc(OC)cc23)SC1=S. The predicted molar refractivity (Wildman–Crippen MR) is 109 cm³/mol. The highest BCUT2D eigenvalue weighted by atomic mass is 32.2. The zero-order valence-electron chi connectivity index (χ0n) is 15.0. The Morgan fingerprint density at radius 2 is 1.93 bits per heavy atom. The largest absolute Gasteiger partial charge is 0.497 e. The Kier molecular flexibility index (Phi) is 5.67. The first-order valence-electron chi connectivity index (χ1n) is 7.95. The van der Waals surface area contributed by atoms with Crippen LogP contribution in [0.3, 0.4) is 0 Å². The quantitative estimate of drug-likeness (QED) is 0.431. The van der Waals surface area contributed by atoms with E-state index in [1.807, 2.05) is 30.3 Å². The van der Waals surface area contributed by atoms with E-state index in [4.69, 9.17) is 21.7 Å². The van der Waals surface area contributed by atoms with Gasteiger partial charge in [0, 0.05) is 5.56 Å². The highest BCUT2D eigenvalue weighted by Gasteiger charge is 2.34. The standard InChI is InChI=1S/C19H17NO5S2/c1-23-12-6-4-11-5-7-15(24-2)14(13(11)8-12)9-16-18(22)20(19(26)27-16)10-17(21)25-3/h4-9H,10H2,1-3H3/b16-9-. The number of benzene rings is 2. The molecule has 2 aromatic rings. The average Bonchev–Trinajstić information content (AvgIpc) is 2.95. The van der Waals surface area contributed by atoms with E-state index >= 15 is 0 Å². The van der Waals surface area contributed by atoms with Crippen LogP contribution < -0.4 is 9.47 Å². The van der Waals surface area contributed by atoms with Gasteiger partial charge in [-0.1, -0.05) is 36.1 Å². The van der Waals surface area contributed by atoms with Gasteiger partial charge in [-0.2, -0.15) is 0 Å². The Labute approximate surface area is 166 Å². The fourth-order valence-corrected chi connectivity index (χ4v) is 3.95. The summed E-state index contributed by atoms with van der Waals surface area (Å²) >= 11 is 6.38. The number of amides is 1. The summed E-state index contributed by atoms with van der Waals surface area (Å²) in [6.45, 7) is -0.209. The van der Waals surface area contributed by atoms with Crippen LogP contribution in [0, 0.1) is 0 Å². The smallest absolute Gasteiger partial charge is 0.325 e. The number of rotatable bonds is 5. The van der Waals surface area contributed by atoms with Crippen LogP contribution in [0.1, 0.15) is 5.56 Å². The van der Waals surface area contributed by atoms with Crippen molar-refractivity contribution in [2.75, 3.05) is 27.9 Å². The molecule has 6 nitrogen and oxygen atoms in total. The van der Waals surface area contributed by atoms with Gasteiger partial charge in [-0.25, -0.2) is 0 Å². The number of esters is 1. The minimum atomic E-state index is -0.528. The first kappa shape index (κ1) is 19.2. The molecule has 0 spiro atoms. The molecule has 0 radical (unpaired) electrons. The summed E-state index contributed by atoms with van der Waals surface area (Å²) in [4.78, 5) is 25.9. The van der Waals surface area contributed by atoms with Gasteiger partial charge in [0.05, 0.1) is 26.2 Å². The molecule has 140 valence electrons. The van der Waals surface area contributed by atoms with Crippen molar-refractivity contribution in [1.82, 2.24) is 4.90 Å². The number of carbonyl (C=O) groups excluding carboxylic acids is 2. The van der Waals surface area contributed by atoms with E-state index in [9.17, 15) is 9.59 Å². The van der Waals surface area contributed by atoms with Gasteiger partial charge in [0.1, 0.15) is 22.4 Å². The molecule has 1 aliphatic rings. The Hall–Kier alpha value is -2.58. The maximum atomic E-state index is 12.7. The van der Waals surface area contributed by atoms with Crippen LogP contribution in [-0.4, -0.2) is 49.0 Å². The summed E-state index contributed by atoms with van der Waals surface area (Å²) in [5.41, 5.74) is 0.743. The minimum absolute atomic E-state index is 0.209. The monoisotopic (exact) mass is 403 g/mol. The van der Waals surface area contributed by atoms with E-state index in [0.717, 1.165) is 28.1 Å². The lowest BCUT2D eigenvalue weighted by molar-refractivity contribution is -0.143. The van der Waals surface area contributed by atoms with E-state index in [-0.39, 0.29) is 12.5 Å². The highest BCUT2D eigenvalue weighted by molar-refractivity contribution is 8.26. The number of hydrogen-bond donors (Lipinski definition) is 0. The van der Waals surface area contributed by atoms with Gasteiger partial charge in [-0.15, -0.1) is 0 Å². The van der Waals surface area contributed by atoms with E-state index in [0.29, 0.717) is 20.7 Å². The van der Waals surface area contributed by atoms with E-state index in [1.165, 1.54) is 12.0 Å². The van der Waals surface area contributed by atoms with E-state index in [2.05, 4.69) is 4.74 Å². The van der Waals surface area contributed by atoms with Crippen LogP contribution >= 0.6 is 24.0 Å². The number of fused-ring (bicyclic) bond motifs is 1. The van der Waals surface area contributed by atoms with Crippen LogP contribution in [-0.2, 0) is 14.3 Å². The zero-order valence-corrected chi connectivity index (χ0v) is 16.6. The Morgan fingerprint density at radius 1 is 1.19 bits per heavy atom. The van der Waals surface area contributed by atoms with Crippen molar-refractivity contribution in [2.24, 2.45) is 0 Å². The third-order valence-corrected chi connectivity index (χ3v) is 5.49. The van der Waals surface area contributed by atoms with Crippen molar-refractivity contribution in [2.45, 2.75) is 0 Å². The van der Waals surface area contributed by atoms with E-state index < -0.39 is 5.97 Å². The number of nitrogens with zero attached hydrogens (tertiary/aromatic N) is 1. The second-order valence-corrected chi connectivity index (χ2v) is 7.29. The molecule has 1 fully saturated rings. The molecule has 27 heavy (non-hydrogen) atoms. The summed E-state index contributed by atoms with van der Waals surface area (Å²) in [5, 5.41) is 1.86. The molecule has 1 heterocycles. The van der Waals surface area contributed by atoms with Gasteiger partial charge >= 0.3 is 5.97 Å². The molecular weight excluding hydrogens is 386 g/mol. The summed E-state index contributed by atoms with van der Waals surface area (Å²) in [7, 11) is 4.43. The summed E-state index contributed by atoms with van der Waals surface area (Å²) in [5.74, 6) is 0.454. The maximum Gasteiger partial charge on any atom is 0.325 e. The maximum absolute atomic E-state index is 12.7. The molecule has 0 aromatic heterocycles. The van der Waals surface area contributed by atoms with Crippen molar-refractivity contribution < 1.29 is 23.8 Å². The highest BCUT2D eigenvalue weighted by Crippen LogP contribution is 2.37. The molecule has 2 aromatic carbocycles.